The monoisotopic (exact) mass is 336 g/mol. The summed E-state index contributed by atoms with van der Waals surface area (Å²) in [5.41, 5.74) is 4.89. The summed E-state index contributed by atoms with van der Waals surface area (Å²) in [5, 5.41) is 0.742. The molecule has 3 aromatic rings. The van der Waals surface area contributed by atoms with Crippen molar-refractivity contribution in [3.8, 4) is 16.9 Å². The van der Waals surface area contributed by atoms with Gasteiger partial charge < -0.3 is 4.74 Å². The lowest BCUT2D eigenvalue weighted by Crippen LogP contribution is -1.94. The molecule has 0 aliphatic rings. The minimum atomic E-state index is 0.541. The van der Waals surface area contributed by atoms with Gasteiger partial charge in [-0.3, -0.25) is 0 Å². The average Bonchev–Trinajstić information content (AvgIpc) is 2.62. The summed E-state index contributed by atoms with van der Waals surface area (Å²) in [5.74, 6) is 1.43. The highest BCUT2D eigenvalue weighted by Crippen LogP contribution is 2.25. The minimum Gasteiger partial charge on any atom is -0.489 e. The Kier molecular flexibility index (Phi) is 5.22. The highest BCUT2D eigenvalue weighted by atomic mass is 35.5. The Morgan fingerprint density at radius 3 is 1.83 bits per heavy atom. The van der Waals surface area contributed by atoms with Crippen LogP contribution in [0.2, 0.25) is 5.02 Å². The van der Waals surface area contributed by atoms with Gasteiger partial charge in [0.25, 0.3) is 0 Å². The van der Waals surface area contributed by atoms with Gasteiger partial charge in [-0.05, 0) is 52.4 Å². The van der Waals surface area contributed by atoms with Crippen molar-refractivity contribution in [1.29, 1.82) is 0 Å². The van der Waals surface area contributed by atoms with Crippen molar-refractivity contribution in [2.75, 3.05) is 0 Å². The third kappa shape index (κ3) is 4.18. The van der Waals surface area contributed by atoms with E-state index < -0.39 is 0 Å². The van der Waals surface area contributed by atoms with Gasteiger partial charge in [-0.2, -0.15) is 0 Å². The largest absolute Gasteiger partial charge is 0.489 e. The van der Waals surface area contributed by atoms with Crippen molar-refractivity contribution < 1.29 is 4.74 Å². The Hall–Kier alpha value is -2.25. The van der Waals surface area contributed by atoms with E-state index in [1.807, 2.05) is 36.4 Å². The number of rotatable bonds is 5. The second-order valence-electron chi connectivity index (χ2n) is 6.22. The van der Waals surface area contributed by atoms with Crippen LogP contribution < -0.4 is 4.74 Å². The minimum absolute atomic E-state index is 0.541. The molecule has 0 bridgehead atoms. The van der Waals surface area contributed by atoms with Crippen molar-refractivity contribution in [2.45, 2.75) is 26.4 Å². The van der Waals surface area contributed by atoms with Crippen LogP contribution in [0.4, 0.5) is 0 Å². The van der Waals surface area contributed by atoms with Crippen LogP contribution in [-0.4, -0.2) is 0 Å². The first-order valence-corrected chi connectivity index (χ1v) is 8.57. The summed E-state index contributed by atoms with van der Waals surface area (Å²) in [7, 11) is 0. The molecule has 0 aliphatic heterocycles. The van der Waals surface area contributed by atoms with Crippen LogP contribution >= 0.6 is 11.6 Å². The second kappa shape index (κ2) is 7.55. The smallest absolute Gasteiger partial charge is 0.119 e. The van der Waals surface area contributed by atoms with Crippen LogP contribution in [0.25, 0.3) is 11.1 Å². The fourth-order valence-corrected chi connectivity index (χ4v) is 2.68. The number of halogens is 1. The standard InChI is InChI=1S/C22H21ClO/c1-16(2)18-5-7-19(8-6-18)20-9-13-22(14-10-20)24-15-17-3-11-21(23)12-4-17/h3-14,16H,15H2,1-2H3. The zero-order chi connectivity index (χ0) is 16.9. The molecule has 0 heterocycles. The molecule has 0 atom stereocenters. The predicted molar refractivity (Wildman–Crippen MR) is 102 cm³/mol. The maximum atomic E-state index is 5.89. The molecule has 2 heteroatoms. The van der Waals surface area contributed by atoms with E-state index >= 15 is 0 Å². The first kappa shape index (κ1) is 16.6. The molecule has 0 saturated heterocycles. The van der Waals surface area contributed by atoms with Gasteiger partial charge in [0.15, 0.2) is 0 Å². The zero-order valence-electron chi connectivity index (χ0n) is 14.0. The molecule has 24 heavy (non-hydrogen) atoms. The van der Waals surface area contributed by atoms with Crippen molar-refractivity contribution in [1.82, 2.24) is 0 Å². The van der Waals surface area contributed by atoms with Crippen molar-refractivity contribution in [2.24, 2.45) is 0 Å². The quantitative estimate of drug-likeness (QED) is 0.503. The van der Waals surface area contributed by atoms with Crippen molar-refractivity contribution in [3.05, 3.63) is 88.9 Å². The summed E-state index contributed by atoms with van der Waals surface area (Å²) in [4.78, 5) is 0. The molecule has 0 aromatic heterocycles. The third-order valence-electron chi connectivity index (χ3n) is 4.08. The van der Waals surface area contributed by atoms with Gasteiger partial charge in [-0.25, -0.2) is 0 Å². The molecule has 0 saturated carbocycles. The molecule has 0 fully saturated rings. The van der Waals surface area contributed by atoms with Gasteiger partial charge in [0.2, 0.25) is 0 Å². The van der Waals surface area contributed by atoms with Crippen LogP contribution in [-0.2, 0) is 6.61 Å². The van der Waals surface area contributed by atoms with Gasteiger partial charge in [-0.1, -0.05) is 74.0 Å². The average molecular weight is 337 g/mol. The SMILES string of the molecule is CC(C)c1ccc(-c2ccc(OCc3ccc(Cl)cc3)cc2)cc1. The lowest BCUT2D eigenvalue weighted by atomic mass is 9.99. The first-order chi connectivity index (χ1) is 11.6. The Morgan fingerprint density at radius 1 is 0.750 bits per heavy atom. The van der Waals surface area contributed by atoms with E-state index in [-0.39, 0.29) is 0 Å². The van der Waals surface area contributed by atoms with E-state index in [0.717, 1.165) is 16.3 Å². The normalized spacial score (nSPS) is 10.8. The Labute approximate surface area is 148 Å². The van der Waals surface area contributed by atoms with Crippen LogP contribution in [0, 0.1) is 0 Å². The van der Waals surface area contributed by atoms with E-state index in [9.17, 15) is 0 Å². The molecular formula is C22H21ClO. The Morgan fingerprint density at radius 2 is 1.29 bits per heavy atom. The summed E-state index contributed by atoms with van der Waals surface area (Å²) < 4.78 is 5.83. The van der Waals surface area contributed by atoms with Crippen LogP contribution in [0.3, 0.4) is 0 Å². The Balaban J connectivity index is 1.65. The van der Waals surface area contributed by atoms with Gasteiger partial charge in [0.1, 0.15) is 12.4 Å². The van der Waals surface area contributed by atoms with E-state index in [4.69, 9.17) is 16.3 Å². The highest BCUT2D eigenvalue weighted by Gasteiger charge is 2.02. The molecule has 0 aliphatic carbocycles. The third-order valence-corrected chi connectivity index (χ3v) is 4.34. The van der Waals surface area contributed by atoms with Crippen LogP contribution in [0.5, 0.6) is 5.75 Å². The molecule has 0 unspecified atom stereocenters. The summed E-state index contributed by atoms with van der Waals surface area (Å²) in [6, 6.07) is 24.7. The summed E-state index contributed by atoms with van der Waals surface area (Å²) >= 11 is 5.89. The first-order valence-electron chi connectivity index (χ1n) is 8.19. The van der Waals surface area contributed by atoms with E-state index in [1.165, 1.54) is 16.7 Å². The summed E-state index contributed by atoms with van der Waals surface area (Å²) in [6.07, 6.45) is 0. The van der Waals surface area contributed by atoms with Gasteiger partial charge in [0.05, 0.1) is 0 Å². The number of ether oxygens (including phenoxy) is 1. The van der Waals surface area contributed by atoms with E-state index in [2.05, 4.69) is 50.2 Å². The molecular weight excluding hydrogens is 316 g/mol. The molecule has 3 aromatic carbocycles. The van der Waals surface area contributed by atoms with Crippen LogP contribution in [0.1, 0.15) is 30.9 Å². The molecule has 3 rings (SSSR count). The lowest BCUT2D eigenvalue weighted by Gasteiger charge is -2.09. The fraction of sp³-hybridized carbons (Fsp3) is 0.182. The van der Waals surface area contributed by atoms with E-state index in [1.54, 1.807) is 0 Å². The van der Waals surface area contributed by atoms with Crippen LogP contribution in [0.15, 0.2) is 72.8 Å². The number of hydrogen-bond acceptors (Lipinski definition) is 1. The van der Waals surface area contributed by atoms with Crippen molar-refractivity contribution >= 4 is 11.6 Å². The molecule has 0 N–H and O–H groups in total. The lowest BCUT2D eigenvalue weighted by molar-refractivity contribution is 0.306. The maximum Gasteiger partial charge on any atom is 0.119 e. The highest BCUT2D eigenvalue weighted by molar-refractivity contribution is 6.30. The van der Waals surface area contributed by atoms with Crippen molar-refractivity contribution in [3.63, 3.8) is 0 Å². The fourth-order valence-electron chi connectivity index (χ4n) is 2.55. The van der Waals surface area contributed by atoms with Gasteiger partial charge in [-0.15, -0.1) is 0 Å². The zero-order valence-corrected chi connectivity index (χ0v) is 14.8. The topological polar surface area (TPSA) is 9.23 Å². The predicted octanol–water partition coefficient (Wildman–Crippen LogP) is 6.71. The number of hydrogen-bond donors (Lipinski definition) is 0. The Bertz CT molecular complexity index is 772. The maximum absolute atomic E-state index is 5.89. The molecule has 0 radical (unpaired) electrons. The molecule has 1 nitrogen and oxygen atoms in total. The molecule has 0 spiro atoms. The molecule has 0 amide bonds. The van der Waals surface area contributed by atoms with Gasteiger partial charge in [0, 0.05) is 5.02 Å². The van der Waals surface area contributed by atoms with Gasteiger partial charge >= 0.3 is 0 Å². The second-order valence-corrected chi connectivity index (χ2v) is 6.65. The number of benzene rings is 3. The van der Waals surface area contributed by atoms with E-state index in [0.29, 0.717) is 12.5 Å². The molecule has 122 valence electrons. The summed E-state index contributed by atoms with van der Waals surface area (Å²) in [6.45, 7) is 4.96.